The molecule has 0 bridgehead atoms. The molecule has 2 rings (SSSR count). The Morgan fingerprint density at radius 2 is 1.66 bits per heavy atom. The number of likely N-dealkylation sites (tertiary alicyclic amines) is 1. The predicted molar refractivity (Wildman–Crippen MR) is 123 cm³/mol. The minimum absolute atomic E-state index is 0.0898. The Hall–Kier alpha value is -1.55. The normalized spacial score (nSPS) is 15.8. The van der Waals surface area contributed by atoms with E-state index in [2.05, 4.69) is 29.3 Å². The van der Waals surface area contributed by atoms with Gasteiger partial charge in [-0.1, -0.05) is 76.5 Å². The molecule has 1 saturated heterocycles. The molecule has 1 fully saturated rings. The van der Waals surface area contributed by atoms with Crippen LogP contribution in [0.5, 0.6) is 0 Å². The number of hydrogen-bond donors (Lipinski definition) is 1. The van der Waals surface area contributed by atoms with Gasteiger partial charge >= 0.3 is 6.09 Å². The van der Waals surface area contributed by atoms with Gasteiger partial charge in [0.2, 0.25) is 0 Å². The number of nitrogens with zero attached hydrogens (tertiary/aromatic N) is 1. The van der Waals surface area contributed by atoms with E-state index in [0.29, 0.717) is 0 Å². The van der Waals surface area contributed by atoms with Crippen molar-refractivity contribution < 1.29 is 9.53 Å². The molecule has 164 valence electrons. The van der Waals surface area contributed by atoms with Crippen molar-refractivity contribution in [2.75, 3.05) is 25.0 Å². The van der Waals surface area contributed by atoms with E-state index in [1.807, 2.05) is 19.1 Å². The zero-order valence-electron chi connectivity index (χ0n) is 18.8. The molecule has 0 radical (unpaired) electrons. The van der Waals surface area contributed by atoms with Gasteiger partial charge < -0.3 is 4.74 Å². The average Bonchev–Trinajstić information content (AvgIpc) is 2.71. The van der Waals surface area contributed by atoms with Crippen LogP contribution in [0.4, 0.5) is 10.5 Å². The maximum absolute atomic E-state index is 12.4. The topological polar surface area (TPSA) is 41.6 Å². The number of carbonyl (C=O) groups excluding carboxylic acids is 1. The molecule has 4 nitrogen and oxygen atoms in total. The molecule has 1 heterocycles. The van der Waals surface area contributed by atoms with Gasteiger partial charge in [0.15, 0.2) is 0 Å². The van der Waals surface area contributed by atoms with E-state index in [0.717, 1.165) is 31.7 Å². The molecular formula is C25H42N2O2. The lowest BCUT2D eigenvalue weighted by Crippen LogP contribution is -2.37. The molecule has 0 aliphatic carbocycles. The average molecular weight is 403 g/mol. The van der Waals surface area contributed by atoms with Crippen LogP contribution in [-0.4, -0.2) is 36.7 Å². The van der Waals surface area contributed by atoms with Crippen molar-refractivity contribution in [3.8, 4) is 0 Å². The Morgan fingerprint density at radius 3 is 2.38 bits per heavy atom. The monoisotopic (exact) mass is 402 g/mol. The van der Waals surface area contributed by atoms with Crippen LogP contribution in [0, 0.1) is 0 Å². The van der Waals surface area contributed by atoms with E-state index in [9.17, 15) is 4.79 Å². The van der Waals surface area contributed by atoms with Crippen molar-refractivity contribution in [2.24, 2.45) is 0 Å². The standard InChI is InChI=1S/C25H42N2O2/c1-3-4-5-6-7-8-9-11-16-23-17-12-13-18-24(23)26-25(28)29-22(2)21-27-19-14-10-15-20-27/h12-13,17-18,22H,3-11,14-16,19-21H2,1-2H3,(H,26,28)/t22-/m0/s1. The highest BCUT2D eigenvalue weighted by molar-refractivity contribution is 5.85. The van der Waals surface area contributed by atoms with Crippen LogP contribution in [0.3, 0.4) is 0 Å². The SMILES string of the molecule is CCCCCCCCCCc1ccccc1NC(=O)O[C@@H](C)CN1CCCCC1. The van der Waals surface area contributed by atoms with Crippen molar-refractivity contribution in [3.05, 3.63) is 29.8 Å². The Bertz CT molecular complexity index is 570. The highest BCUT2D eigenvalue weighted by Crippen LogP contribution is 2.19. The second kappa shape index (κ2) is 14.4. The van der Waals surface area contributed by atoms with Crippen LogP contribution in [-0.2, 0) is 11.2 Å². The zero-order chi connectivity index (χ0) is 20.7. The highest BCUT2D eigenvalue weighted by atomic mass is 16.6. The fourth-order valence-corrected chi connectivity index (χ4v) is 4.17. The van der Waals surface area contributed by atoms with Gasteiger partial charge in [0, 0.05) is 12.2 Å². The number of unbranched alkanes of at least 4 members (excludes halogenated alkanes) is 7. The van der Waals surface area contributed by atoms with E-state index in [1.165, 1.54) is 76.2 Å². The third-order valence-electron chi connectivity index (χ3n) is 5.83. The van der Waals surface area contributed by atoms with Crippen molar-refractivity contribution in [2.45, 2.75) is 97.0 Å². The largest absolute Gasteiger partial charge is 0.445 e. The lowest BCUT2D eigenvalue weighted by atomic mass is 10.0. The number of rotatable bonds is 13. The fraction of sp³-hybridized carbons (Fsp3) is 0.720. The molecule has 1 aromatic carbocycles. The first-order valence-electron chi connectivity index (χ1n) is 12.0. The summed E-state index contributed by atoms with van der Waals surface area (Å²) in [4.78, 5) is 14.8. The van der Waals surface area contributed by atoms with Crippen molar-refractivity contribution >= 4 is 11.8 Å². The highest BCUT2D eigenvalue weighted by Gasteiger charge is 2.17. The summed E-state index contributed by atoms with van der Waals surface area (Å²) < 4.78 is 5.61. The Kier molecular flexibility index (Phi) is 11.8. The van der Waals surface area contributed by atoms with Gasteiger partial charge in [-0.3, -0.25) is 10.2 Å². The van der Waals surface area contributed by atoms with Crippen LogP contribution in [0.1, 0.15) is 90.0 Å². The van der Waals surface area contributed by atoms with Crippen molar-refractivity contribution in [1.29, 1.82) is 0 Å². The van der Waals surface area contributed by atoms with Gasteiger partial charge in [-0.15, -0.1) is 0 Å². The molecule has 1 amide bonds. The number of para-hydroxylation sites is 1. The molecule has 1 aromatic rings. The van der Waals surface area contributed by atoms with Gasteiger partial charge in [0.05, 0.1) is 0 Å². The van der Waals surface area contributed by atoms with Crippen LogP contribution < -0.4 is 5.32 Å². The van der Waals surface area contributed by atoms with Crippen LogP contribution in [0.15, 0.2) is 24.3 Å². The number of benzene rings is 1. The molecule has 29 heavy (non-hydrogen) atoms. The van der Waals surface area contributed by atoms with E-state index in [-0.39, 0.29) is 12.2 Å². The number of ether oxygens (including phenoxy) is 1. The summed E-state index contributed by atoms with van der Waals surface area (Å²) in [5.74, 6) is 0. The van der Waals surface area contributed by atoms with E-state index in [4.69, 9.17) is 4.74 Å². The molecule has 1 N–H and O–H groups in total. The number of nitrogens with one attached hydrogen (secondary N) is 1. The number of amides is 1. The van der Waals surface area contributed by atoms with Gasteiger partial charge in [-0.05, 0) is 57.3 Å². The smallest absolute Gasteiger partial charge is 0.411 e. The van der Waals surface area contributed by atoms with Gasteiger partial charge in [-0.25, -0.2) is 4.79 Å². The van der Waals surface area contributed by atoms with Crippen LogP contribution in [0.25, 0.3) is 0 Å². The first kappa shape index (κ1) is 23.7. The number of piperidine rings is 1. The van der Waals surface area contributed by atoms with E-state index >= 15 is 0 Å². The molecule has 0 saturated carbocycles. The first-order valence-corrected chi connectivity index (χ1v) is 12.0. The molecule has 0 aromatic heterocycles. The molecule has 0 unspecified atom stereocenters. The minimum Gasteiger partial charge on any atom is -0.445 e. The molecule has 4 heteroatoms. The van der Waals surface area contributed by atoms with Crippen LogP contribution >= 0.6 is 0 Å². The fourth-order valence-electron chi connectivity index (χ4n) is 4.17. The molecule has 1 aliphatic heterocycles. The van der Waals surface area contributed by atoms with Crippen molar-refractivity contribution in [3.63, 3.8) is 0 Å². The van der Waals surface area contributed by atoms with Crippen molar-refractivity contribution in [1.82, 2.24) is 4.90 Å². The summed E-state index contributed by atoms with van der Waals surface area (Å²) in [5, 5.41) is 2.97. The summed E-state index contributed by atoms with van der Waals surface area (Å²) in [6.45, 7) is 7.32. The summed E-state index contributed by atoms with van der Waals surface area (Å²) >= 11 is 0. The Labute approximate surface area is 178 Å². The lowest BCUT2D eigenvalue weighted by molar-refractivity contribution is 0.0833. The summed E-state index contributed by atoms with van der Waals surface area (Å²) in [5.41, 5.74) is 2.10. The van der Waals surface area contributed by atoms with E-state index in [1.54, 1.807) is 0 Å². The molecule has 1 aliphatic rings. The summed E-state index contributed by atoms with van der Waals surface area (Å²) in [6.07, 6.45) is 14.9. The third kappa shape index (κ3) is 10.2. The Balaban J connectivity index is 1.68. The maximum atomic E-state index is 12.4. The third-order valence-corrected chi connectivity index (χ3v) is 5.83. The number of carbonyl (C=O) groups is 1. The quantitative estimate of drug-likeness (QED) is 0.369. The van der Waals surface area contributed by atoms with E-state index < -0.39 is 0 Å². The molecule has 1 atom stereocenters. The van der Waals surface area contributed by atoms with Gasteiger partial charge in [-0.2, -0.15) is 0 Å². The number of aryl methyl sites for hydroxylation is 1. The summed E-state index contributed by atoms with van der Waals surface area (Å²) in [6, 6.07) is 8.13. The zero-order valence-corrected chi connectivity index (χ0v) is 18.8. The van der Waals surface area contributed by atoms with Gasteiger partial charge in [0.25, 0.3) is 0 Å². The lowest BCUT2D eigenvalue weighted by Gasteiger charge is -2.28. The minimum atomic E-state index is -0.335. The Morgan fingerprint density at radius 1 is 1.00 bits per heavy atom. The molecule has 0 spiro atoms. The number of anilines is 1. The van der Waals surface area contributed by atoms with Crippen LogP contribution in [0.2, 0.25) is 0 Å². The summed E-state index contributed by atoms with van der Waals surface area (Å²) in [7, 11) is 0. The number of hydrogen-bond acceptors (Lipinski definition) is 3. The second-order valence-corrected chi connectivity index (χ2v) is 8.58. The predicted octanol–water partition coefficient (Wildman–Crippen LogP) is 6.79. The second-order valence-electron chi connectivity index (χ2n) is 8.58. The molecular weight excluding hydrogens is 360 g/mol. The maximum Gasteiger partial charge on any atom is 0.411 e. The first-order chi connectivity index (χ1) is 14.2. The van der Waals surface area contributed by atoms with Gasteiger partial charge in [0.1, 0.15) is 6.10 Å².